The van der Waals surface area contributed by atoms with Crippen molar-refractivity contribution in [3.63, 3.8) is 0 Å². The fraction of sp³-hybridized carbons (Fsp3) is 0.333. The van der Waals surface area contributed by atoms with Gasteiger partial charge in [-0.3, -0.25) is 14.4 Å². The van der Waals surface area contributed by atoms with E-state index in [0.717, 1.165) is 10.9 Å². The number of terminal acetylenes is 1. The predicted octanol–water partition coefficient (Wildman–Crippen LogP) is 0.499. The summed E-state index contributed by atoms with van der Waals surface area (Å²) in [7, 11) is 0. The maximum Gasteiger partial charge on any atom is 0.268 e. The van der Waals surface area contributed by atoms with Gasteiger partial charge in [0, 0.05) is 29.8 Å². The van der Waals surface area contributed by atoms with E-state index < -0.39 is 23.9 Å². The van der Waals surface area contributed by atoms with E-state index >= 15 is 0 Å². The third-order valence-electron chi connectivity index (χ3n) is 4.91. The van der Waals surface area contributed by atoms with E-state index in [1.54, 1.807) is 6.07 Å². The number of aromatic amines is 1. The van der Waals surface area contributed by atoms with Crippen molar-refractivity contribution in [2.45, 2.75) is 31.3 Å². The van der Waals surface area contributed by atoms with Crippen LogP contribution in [0.25, 0.3) is 10.9 Å². The summed E-state index contributed by atoms with van der Waals surface area (Å²) in [6.45, 7) is 0.559. The standard InChI is InChI=1S/C21H22N4O4/c1-2-5-17(20(28)23-15(12-26)10-14-8-9-22-19(14)27)25-21(29)18-11-13-6-3-4-7-16(13)24-18/h1,3-4,6-7,11-12,14-15,17,24H,5,8-10H2,(H,22,27)(H,23,28)(H,25,29)/t14-,15-,17-/m0/s1. The Morgan fingerprint density at radius 1 is 1.31 bits per heavy atom. The molecule has 0 unspecified atom stereocenters. The number of aldehydes is 1. The zero-order valence-corrected chi connectivity index (χ0v) is 15.7. The highest BCUT2D eigenvalue weighted by Crippen LogP contribution is 2.16. The van der Waals surface area contributed by atoms with Crippen molar-refractivity contribution in [3.8, 4) is 12.3 Å². The van der Waals surface area contributed by atoms with Crippen LogP contribution in [0, 0.1) is 18.3 Å². The Balaban J connectivity index is 1.65. The Labute approximate surface area is 167 Å². The molecule has 4 N–H and O–H groups in total. The molecule has 0 bridgehead atoms. The highest BCUT2D eigenvalue weighted by Gasteiger charge is 2.29. The minimum atomic E-state index is -1.00. The van der Waals surface area contributed by atoms with E-state index in [0.29, 0.717) is 24.9 Å². The van der Waals surface area contributed by atoms with Crippen LogP contribution in [0.1, 0.15) is 29.8 Å². The van der Waals surface area contributed by atoms with Gasteiger partial charge < -0.3 is 25.7 Å². The second-order valence-corrected chi connectivity index (χ2v) is 6.97. The predicted molar refractivity (Wildman–Crippen MR) is 107 cm³/mol. The summed E-state index contributed by atoms with van der Waals surface area (Å²) in [5.41, 5.74) is 1.10. The Hall–Kier alpha value is -3.60. The Morgan fingerprint density at radius 2 is 2.10 bits per heavy atom. The first kappa shape index (κ1) is 20.1. The van der Waals surface area contributed by atoms with Crippen molar-refractivity contribution < 1.29 is 19.2 Å². The molecule has 0 spiro atoms. The number of amides is 3. The van der Waals surface area contributed by atoms with Crippen LogP contribution in [-0.2, 0) is 14.4 Å². The van der Waals surface area contributed by atoms with Crippen molar-refractivity contribution in [3.05, 3.63) is 36.0 Å². The highest BCUT2D eigenvalue weighted by molar-refractivity contribution is 6.00. The fourth-order valence-electron chi connectivity index (χ4n) is 3.37. The average molecular weight is 394 g/mol. The van der Waals surface area contributed by atoms with E-state index in [9.17, 15) is 19.2 Å². The van der Waals surface area contributed by atoms with Gasteiger partial charge in [0.25, 0.3) is 5.91 Å². The molecule has 1 aliphatic rings. The maximum atomic E-state index is 12.6. The van der Waals surface area contributed by atoms with Crippen LogP contribution in [0.5, 0.6) is 0 Å². The zero-order valence-electron chi connectivity index (χ0n) is 15.7. The number of para-hydroxylation sites is 1. The van der Waals surface area contributed by atoms with Gasteiger partial charge >= 0.3 is 0 Å². The maximum absolute atomic E-state index is 12.6. The first-order valence-electron chi connectivity index (χ1n) is 9.37. The minimum Gasteiger partial charge on any atom is -0.356 e. The van der Waals surface area contributed by atoms with Gasteiger partial charge in [0.05, 0.1) is 6.04 Å². The van der Waals surface area contributed by atoms with Crippen LogP contribution in [-0.4, -0.2) is 47.6 Å². The van der Waals surface area contributed by atoms with Gasteiger partial charge in [-0.2, -0.15) is 0 Å². The summed E-state index contributed by atoms with van der Waals surface area (Å²) in [5.74, 6) is 0.873. The number of nitrogens with one attached hydrogen (secondary N) is 4. The molecule has 3 atom stereocenters. The molecule has 0 radical (unpaired) electrons. The number of hydrogen-bond acceptors (Lipinski definition) is 4. The summed E-state index contributed by atoms with van der Waals surface area (Å²) >= 11 is 0. The summed E-state index contributed by atoms with van der Waals surface area (Å²) in [6, 6.07) is 7.26. The molecule has 0 aliphatic carbocycles. The molecule has 2 aromatic rings. The molecule has 3 rings (SSSR count). The molecule has 1 aliphatic heterocycles. The van der Waals surface area contributed by atoms with Crippen molar-refractivity contribution in [2.24, 2.45) is 5.92 Å². The molecule has 29 heavy (non-hydrogen) atoms. The van der Waals surface area contributed by atoms with Crippen molar-refractivity contribution in [1.82, 2.24) is 20.9 Å². The zero-order chi connectivity index (χ0) is 20.8. The largest absolute Gasteiger partial charge is 0.356 e. The normalized spacial score (nSPS) is 17.8. The van der Waals surface area contributed by atoms with Crippen molar-refractivity contribution >= 4 is 34.9 Å². The number of aromatic nitrogens is 1. The monoisotopic (exact) mass is 394 g/mol. The molecule has 150 valence electrons. The lowest BCUT2D eigenvalue weighted by molar-refractivity contribution is -0.127. The van der Waals surface area contributed by atoms with Gasteiger partial charge in [0.2, 0.25) is 11.8 Å². The summed E-state index contributed by atoms with van der Waals surface area (Å²) in [4.78, 5) is 51.2. The first-order chi connectivity index (χ1) is 14.0. The summed E-state index contributed by atoms with van der Waals surface area (Å²) in [6.07, 6.45) is 6.73. The molecular formula is C21H22N4O4. The molecule has 3 amide bonds. The molecule has 8 heteroatoms. The van der Waals surface area contributed by atoms with E-state index in [4.69, 9.17) is 6.42 Å². The summed E-state index contributed by atoms with van der Waals surface area (Å²) < 4.78 is 0. The van der Waals surface area contributed by atoms with Gasteiger partial charge in [0.1, 0.15) is 18.0 Å². The van der Waals surface area contributed by atoms with Gasteiger partial charge in [0.15, 0.2) is 0 Å². The Morgan fingerprint density at radius 3 is 2.76 bits per heavy atom. The SMILES string of the molecule is C#CC[C@H](NC(=O)c1cc2ccccc2[nH]1)C(=O)N[C@H](C=O)C[C@@H]1CCNC1=O. The molecular weight excluding hydrogens is 372 g/mol. The minimum absolute atomic E-state index is 0.0344. The van der Waals surface area contributed by atoms with Gasteiger partial charge in [-0.15, -0.1) is 12.3 Å². The lowest BCUT2D eigenvalue weighted by Gasteiger charge is -2.20. The third-order valence-corrected chi connectivity index (χ3v) is 4.91. The van der Waals surface area contributed by atoms with Crippen LogP contribution >= 0.6 is 0 Å². The lowest BCUT2D eigenvalue weighted by Crippen LogP contribution is -2.50. The van der Waals surface area contributed by atoms with Gasteiger partial charge in [-0.05, 0) is 25.0 Å². The number of carbonyl (C=O) groups is 4. The van der Waals surface area contributed by atoms with Gasteiger partial charge in [-0.1, -0.05) is 18.2 Å². The molecule has 1 aromatic carbocycles. The first-order valence-corrected chi connectivity index (χ1v) is 9.37. The van der Waals surface area contributed by atoms with Crippen LogP contribution in [0.4, 0.5) is 0 Å². The number of rotatable bonds is 8. The quantitative estimate of drug-likeness (QED) is 0.385. The van der Waals surface area contributed by atoms with Crippen LogP contribution in [0.15, 0.2) is 30.3 Å². The molecule has 1 fully saturated rings. The number of carbonyl (C=O) groups excluding carboxylic acids is 4. The van der Waals surface area contributed by atoms with E-state index in [1.807, 2.05) is 24.3 Å². The van der Waals surface area contributed by atoms with Crippen molar-refractivity contribution in [2.75, 3.05) is 6.54 Å². The second-order valence-electron chi connectivity index (χ2n) is 6.97. The number of benzene rings is 1. The van der Waals surface area contributed by atoms with Crippen LogP contribution in [0.3, 0.4) is 0 Å². The van der Waals surface area contributed by atoms with E-state index in [1.165, 1.54) is 0 Å². The Kier molecular flexibility index (Phi) is 6.29. The fourth-order valence-corrected chi connectivity index (χ4v) is 3.37. The lowest BCUT2D eigenvalue weighted by atomic mass is 9.99. The molecule has 1 aromatic heterocycles. The highest BCUT2D eigenvalue weighted by atomic mass is 16.2. The van der Waals surface area contributed by atoms with E-state index in [2.05, 4.69) is 26.9 Å². The van der Waals surface area contributed by atoms with Gasteiger partial charge in [-0.25, -0.2) is 0 Å². The molecule has 8 nitrogen and oxygen atoms in total. The topological polar surface area (TPSA) is 120 Å². The molecule has 2 heterocycles. The second kappa shape index (κ2) is 9.06. The number of H-pyrrole nitrogens is 1. The Bertz CT molecular complexity index is 941. The number of hydrogen-bond donors (Lipinski definition) is 4. The van der Waals surface area contributed by atoms with Crippen LogP contribution < -0.4 is 16.0 Å². The molecule has 1 saturated heterocycles. The van der Waals surface area contributed by atoms with Crippen molar-refractivity contribution in [1.29, 1.82) is 0 Å². The molecule has 0 saturated carbocycles. The third kappa shape index (κ3) is 4.82. The van der Waals surface area contributed by atoms with Crippen LogP contribution in [0.2, 0.25) is 0 Å². The number of fused-ring (bicyclic) bond motifs is 1. The summed E-state index contributed by atoms with van der Waals surface area (Å²) in [5, 5.41) is 8.75. The smallest absolute Gasteiger partial charge is 0.268 e. The average Bonchev–Trinajstić information content (AvgIpc) is 3.33. The van der Waals surface area contributed by atoms with E-state index in [-0.39, 0.29) is 24.7 Å².